The van der Waals surface area contributed by atoms with Gasteiger partial charge in [0.25, 0.3) is 0 Å². The highest BCUT2D eigenvalue weighted by Crippen LogP contribution is 2.65. The molecule has 200 valence electrons. The summed E-state index contributed by atoms with van der Waals surface area (Å²) in [5.74, 6) is 3.75. The molecular weight excluding hydrogens is 452 g/mol. The maximum absolute atomic E-state index is 12.7. The van der Waals surface area contributed by atoms with E-state index < -0.39 is 0 Å². The Hall–Kier alpha value is -2.09. The van der Waals surface area contributed by atoms with E-state index in [1.54, 1.807) is 11.1 Å². The van der Waals surface area contributed by atoms with Crippen LogP contribution < -0.4 is 0 Å². The molecule has 4 aliphatic rings. The summed E-state index contributed by atoms with van der Waals surface area (Å²) in [6, 6.07) is 9.47. The fourth-order valence-corrected chi connectivity index (χ4v) is 8.31. The second-order valence-corrected chi connectivity index (χ2v) is 13.6. The summed E-state index contributed by atoms with van der Waals surface area (Å²) in [4.78, 5) is 12.7. The first-order chi connectivity index (χ1) is 17.6. The highest BCUT2D eigenvalue weighted by molar-refractivity contribution is 5.89. The van der Waals surface area contributed by atoms with E-state index in [9.17, 15) is 4.79 Å². The predicted molar refractivity (Wildman–Crippen MR) is 153 cm³/mol. The molecule has 0 saturated heterocycles. The van der Waals surface area contributed by atoms with Crippen molar-refractivity contribution in [1.29, 1.82) is 0 Å². The number of benzene rings is 1. The maximum Gasteiger partial charge on any atom is 0.338 e. The van der Waals surface area contributed by atoms with Gasteiger partial charge in [-0.15, -0.1) is 0 Å². The molecule has 0 heterocycles. The smallest absolute Gasteiger partial charge is 0.338 e. The third-order valence-corrected chi connectivity index (χ3v) is 11.2. The van der Waals surface area contributed by atoms with Crippen LogP contribution in [-0.2, 0) is 4.74 Å². The fraction of sp³-hybridized carbons (Fsp3) is 0.629. The minimum Gasteiger partial charge on any atom is -0.459 e. The van der Waals surface area contributed by atoms with Gasteiger partial charge in [-0.1, -0.05) is 84.0 Å². The van der Waals surface area contributed by atoms with Crippen LogP contribution in [0, 0.1) is 46.3 Å². The fourth-order valence-electron chi connectivity index (χ4n) is 8.31. The van der Waals surface area contributed by atoms with E-state index in [1.165, 1.54) is 19.3 Å². The quantitative estimate of drug-likeness (QED) is 0.287. The first-order valence-electron chi connectivity index (χ1n) is 15.0. The molecule has 0 N–H and O–H groups in total. The van der Waals surface area contributed by atoms with Crippen LogP contribution in [0.25, 0.3) is 0 Å². The number of fused-ring (bicyclic) bond motifs is 5. The average molecular weight is 501 g/mol. The van der Waals surface area contributed by atoms with Crippen molar-refractivity contribution in [3.63, 3.8) is 0 Å². The maximum atomic E-state index is 12.7. The van der Waals surface area contributed by atoms with Crippen LogP contribution in [0.4, 0.5) is 0 Å². The molecule has 0 bridgehead atoms. The van der Waals surface area contributed by atoms with Gasteiger partial charge < -0.3 is 4.74 Å². The Labute approximate surface area is 225 Å². The number of hydrogen-bond donors (Lipinski definition) is 0. The molecule has 0 amide bonds. The average Bonchev–Trinajstić information content (AvgIpc) is 3.25. The summed E-state index contributed by atoms with van der Waals surface area (Å²) in [7, 11) is 0. The van der Waals surface area contributed by atoms with Crippen molar-refractivity contribution in [2.24, 2.45) is 46.3 Å². The van der Waals surface area contributed by atoms with E-state index in [1.807, 2.05) is 30.3 Å². The summed E-state index contributed by atoms with van der Waals surface area (Å²) in [6.07, 6.45) is 18.4. The molecule has 37 heavy (non-hydrogen) atoms. The lowest BCUT2D eigenvalue weighted by atomic mass is 9.48. The van der Waals surface area contributed by atoms with Crippen LogP contribution in [-0.4, -0.2) is 12.1 Å². The van der Waals surface area contributed by atoms with Gasteiger partial charge in [-0.05, 0) is 115 Å². The number of rotatable bonds is 6. The lowest BCUT2D eigenvalue weighted by Gasteiger charge is -2.56. The molecule has 1 aromatic rings. The van der Waals surface area contributed by atoms with Crippen molar-refractivity contribution in [2.45, 2.75) is 92.6 Å². The molecule has 2 fully saturated rings. The van der Waals surface area contributed by atoms with Crippen molar-refractivity contribution in [3.8, 4) is 0 Å². The number of ether oxygens (including phenoxy) is 1. The van der Waals surface area contributed by atoms with Crippen LogP contribution in [0.2, 0.25) is 0 Å². The summed E-state index contributed by atoms with van der Waals surface area (Å²) in [5, 5.41) is 0. The third-order valence-electron chi connectivity index (χ3n) is 11.2. The van der Waals surface area contributed by atoms with Gasteiger partial charge in [0.05, 0.1) is 5.56 Å². The van der Waals surface area contributed by atoms with Crippen molar-refractivity contribution in [2.75, 3.05) is 0 Å². The first-order valence-corrected chi connectivity index (χ1v) is 15.0. The minimum atomic E-state index is -0.164. The highest BCUT2D eigenvalue weighted by atomic mass is 16.5. The molecular formula is C35H48O2. The van der Waals surface area contributed by atoms with Crippen LogP contribution in [0.3, 0.4) is 0 Å². The van der Waals surface area contributed by atoms with Gasteiger partial charge in [0.15, 0.2) is 0 Å². The Morgan fingerprint density at radius 1 is 0.973 bits per heavy atom. The number of esters is 1. The third kappa shape index (κ3) is 4.79. The van der Waals surface area contributed by atoms with Gasteiger partial charge in [-0.3, -0.25) is 0 Å². The topological polar surface area (TPSA) is 26.3 Å². The Kier molecular flexibility index (Phi) is 7.33. The number of hydrogen-bond acceptors (Lipinski definition) is 2. The van der Waals surface area contributed by atoms with Crippen molar-refractivity contribution >= 4 is 5.97 Å². The van der Waals surface area contributed by atoms with Crippen LogP contribution in [0.15, 0.2) is 65.8 Å². The number of allylic oxidation sites excluding steroid dienone is 6. The molecule has 2 nitrogen and oxygen atoms in total. The Morgan fingerprint density at radius 2 is 1.73 bits per heavy atom. The second kappa shape index (κ2) is 10.2. The van der Waals surface area contributed by atoms with Gasteiger partial charge in [0, 0.05) is 0 Å². The summed E-state index contributed by atoms with van der Waals surface area (Å²) in [5.41, 5.74) is 4.65. The van der Waals surface area contributed by atoms with Crippen LogP contribution >= 0.6 is 0 Å². The zero-order valence-electron chi connectivity index (χ0n) is 24.0. The Morgan fingerprint density at radius 3 is 2.46 bits per heavy atom. The van der Waals surface area contributed by atoms with E-state index in [2.05, 4.69) is 65.8 Å². The zero-order valence-corrected chi connectivity index (χ0v) is 24.0. The van der Waals surface area contributed by atoms with Crippen LogP contribution in [0.5, 0.6) is 0 Å². The van der Waals surface area contributed by atoms with Crippen molar-refractivity contribution in [3.05, 3.63) is 71.3 Å². The molecule has 0 spiro atoms. The van der Waals surface area contributed by atoms with E-state index in [-0.39, 0.29) is 12.1 Å². The number of carbonyl (C=O) groups is 1. The summed E-state index contributed by atoms with van der Waals surface area (Å²) < 4.78 is 6.01. The molecule has 2 saturated carbocycles. The van der Waals surface area contributed by atoms with Gasteiger partial charge in [0.1, 0.15) is 6.10 Å². The van der Waals surface area contributed by atoms with Gasteiger partial charge in [-0.2, -0.15) is 0 Å². The van der Waals surface area contributed by atoms with Gasteiger partial charge in [0.2, 0.25) is 0 Å². The molecule has 0 aliphatic heterocycles. The molecule has 4 aliphatic carbocycles. The summed E-state index contributed by atoms with van der Waals surface area (Å²) in [6.45, 7) is 14.6. The zero-order chi connectivity index (χ0) is 26.4. The molecule has 2 heteroatoms. The van der Waals surface area contributed by atoms with E-state index >= 15 is 0 Å². The lowest BCUT2D eigenvalue weighted by Crippen LogP contribution is -2.48. The molecule has 5 rings (SSSR count). The van der Waals surface area contributed by atoms with E-state index in [0.717, 1.165) is 25.7 Å². The molecule has 8 unspecified atom stereocenters. The molecule has 0 radical (unpaired) electrons. The van der Waals surface area contributed by atoms with Crippen LogP contribution in [0.1, 0.15) is 96.8 Å². The predicted octanol–water partition coefficient (Wildman–Crippen LogP) is 9.20. The summed E-state index contributed by atoms with van der Waals surface area (Å²) >= 11 is 0. The van der Waals surface area contributed by atoms with E-state index in [0.29, 0.717) is 51.9 Å². The van der Waals surface area contributed by atoms with Crippen molar-refractivity contribution in [1.82, 2.24) is 0 Å². The Bertz CT molecular complexity index is 1080. The monoisotopic (exact) mass is 500 g/mol. The molecule has 8 atom stereocenters. The highest BCUT2D eigenvalue weighted by Gasteiger charge is 2.55. The van der Waals surface area contributed by atoms with Crippen molar-refractivity contribution < 1.29 is 9.53 Å². The largest absolute Gasteiger partial charge is 0.459 e. The standard InChI is InChI=1S/C35H48O2/c1-23(2)24(3)12-13-25(4)30-16-17-31-29-15-14-27-22-28(37-33(36)26-10-8-7-9-11-26)18-20-34(27,5)32(29)19-21-35(30,31)6/h7-13,15,17,23-25,27-28,30,32H,14,16,18-22H2,1-6H3. The molecule has 0 aromatic heterocycles. The SMILES string of the molecule is CC(C)C(C)C=CC(C)C1CC=C2C3=CCC4CC(OC(=O)c5ccccc5)CCC4(C)C3CCC21C. The minimum absolute atomic E-state index is 0.0468. The van der Waals surface area contributed by atoms with Gasteiger partial charge >= 0.3 is 5.97 Å². The lowest BCUT2D eigenvalue weighted by molar-refractivity contribution is -0.0405. The van der Waals surface area contributed by atoms with E-state index in [4.69, 9.17) is 4.74 Å². The van der Waals surface area contributed by atoms with Gasteiger partial charge in [-0.25, -0.2) is 4.79 Å². The normalized spacial score (nSPS) is 36.7. The number of carbonyl (C=O) groups excluding carboxylic acids is 1. The molecule has 1 aromatic carbocycles. The second-order valence-electron chi connectivity index (χ2n) is 13.6. The first kappa shape index (κ1) is 26.5. The Balaban J connectivity index is 1.29.